The number of ether oxygens (including phenoxy) is 1. The molecule has 0 aliphatic rings. The fourth-order valence-electron chi connectivity index (χ4n) is 12.0. The maximum Gasteiger partial charge on any atom is 0.268 e. The van der Waals surface area contributed by atoms with E-state index in [1.165, 1.54) is 16.7 Å². The van der Waals surface area contributed by atoms with E-state index >= 15 is 0 Å². The van der Waals surface area contributed by atoms with Crippen molar-refractivity contribution in [1.29, 1.82) is 0 Å². The molecule has 0 amide bonds. The first kappa shape index (κ1) is 46.3. The van der Waals surface area contributed by atoms with Crippen LogP contribution in [0, 0.1) is 18.5 Å². The van der Waals surface area contributed by atoms with Crippen molar-refractivity contribution in [2.75, 3.05) is 0 Å². The number of nitrogens with zero attached hydrogens (tertiary/aromatic N) is 5. The minimum atomic E-state index is -0.530. The van der Waals surface area contributed by atoms with Crippen molar-refractivity contribution in [1.82, 2.24) is 18.7 Å². The molecule has 10 aromatic carbocycles. The van der Waals surface area contributed by atoms with E-state index in [0.29, 0.717) is 40.3 Å². The molecule has 0 saturated carbocycles. The van der Waals surface area contributed by atoms with E-state index in [4.69, 9.17) is 15.2 Å². The minimum absolute atomic E-state index is 0. The molecule has 0 spiro atoms. The third-order valence-electron chi connectivity index (χ3n) is 16.3. The molecule has 14 rings (SSSR count). The second-order valence-electron chi connectivity index (χ2n) is 24.5. The number of hydrogen-bond acceptors (Lipinski definition) is 2. The second-order valence-corrected chi connectivity index (χ2v) is 24.5. The first-order valence-electron chi connectivity index (χ1n) is 32.5. The van der Waals surface area contributed by atoms with Crippen LogP contribution in [0.2, 0.25) is 0 Å². The van der Waals surface area contributed by atoms with Gasteiger partial charge >= 0.3 is 0 Å². The zero-order valence-electron chi connectivity index (χ0n) is 56.6. The molecule has 14 aromatic rings. The molecule has 0 unspecified atom stereocenters. The monoisotopic (exact) mass is 1290 g/mol. The summed E-state index contributed by atoms with van der Waals surface area (Å²) in [6, 6.07) is 65.3. The van der Waals surface area contributed by atoms with E-state index in [9.17, 15) is 5.48 Å². The molecule has 4 heterocycles. The van der Waals surface area contributed by atoms with Gasteiger partial charge in [0.15, 0.2) is 0 Å². The summed E-state index contributed by atoms with van der Waals surface area (Å²) in [7, 11) is 0. The zero-order valence-corrected chi connectivity index (χ0v) is 50.8. The number of para-hydroxylation sites is 6. The van der Waals surface area contributed by atoms with E-state index in [0.717, 1.165) is 55.4 Å². The Hall–Kier alpha value is -9.09. The fourth-order valence-corrected chi connectivity index (χ4v) is 12.0. The van der Waals surface area contributed by atoms with Crippen LogP contribution in [0.1, 0.15) is 88.6 Å². The molecule has 0 bridgehead atoms. The van der Waals surface area contributed by atoms with Gasteiger partial charge in [0.1, 0.15) is 5.82 Å². The van der Waals surface area contributed by atoms with Crippen LogP contribution in [0.25, 0.3) is 99.8 Å². The van der Waals surface area contributed by atoms with E-state index in [-0.39, 0.29) is 64.9 Å². The third-order valence-corrected chi connectivity index (χ3v) is 16.3. The van der Waals surface area contributed by atoms with Gasteiger partial charge in [0.25, 0.3) is 6.33 Å². The van der Waals surface area contributed by atoms with Crippen LogP contribution in [0.15, 0.2) is 237 Å². The van der Waals surface area contributed by atoms with Crippen LogP contribution < -0.4 is 9.30 Å². The Morgan fingerprint density at radius 3 is 1.82 bits per heavy atom. The molecule has 0 fully saturated rings. The number of hydrogen-bond donors (Lipinski definition) is 0. The summed E-state index contributed by atoms with van der Waals surface area (Å²) in [5, 5.41) is 1.20. The molecule has 0 aliphatic carbocycles. The summed E-state index contributed by atoms with van der Waals surface area (Å²) in [5.74, 6) is 1.05. The smallest absolute Gasteiger partial charge is 0.268 e. The van der Waals surface area contributed by atoms with Gasteiger partial charge in [-0.25, -0.2) is 4.98 Å². The number of fused-ring (bicyclic) bond motifs is 7. The van der Waals surface area contributed by atoms with Gasteiger partial charge in [-0.05, 0) is 114 Å². The maximum atomic E-state index is 9.60. The van der Waals surface area contributed by atoms with Gasteiger partial charge < -0.3 is 18.4 Å². The molecule has 0 saturated heterocycles. The van der Waals surface area contributed by atoms with Crippen molar-refractivity contribution in [2.24, 2.45) is 0 Å². The summed E-state index contributed by atoms with van der Waals surface area (Å²) >= 11 is 0. The normalized spacial score (nSPS) is 13.5. The third kappa shape index (κ3) is 9.96. The van der Waals surface area contributed by atoms with Crippen LogP contribution >= 0.6 is 0 Å². The Kier molecular flexibility index (Phi) is 11.7. The number of pyridine rings is 1. The Labute approximate surface area is 523 Å². The van der Waals surface area contributed by atoms with Crippen molar-refractivity contribution < 1.29 is 41.3 Å². The quantitative estimate of drug-likeness (QED) is 0.0956. The largest absolute Gasteiger partial charge is 0.510 e. The molecule has 7 heteroatoms. The zero-order chi connectivity index (χ0) is 64.4. The number of aromatic nitrogens is 5. The topological polar surface area (TPSA) is 40.8 Å². The van der Waals surface area contributed by atoms with Crippen LogP contribution in [0.3, 0.4) is 0 Å². The van der Waals surface area contributed by atoms with Gasteiger partial charge in [0.05, 0.1) is 38.7 Å². The Balaban J connectivity index is 0.00000787. The molecule has 0 radical (unpaired) electrons. The van der Waals surface area contributed by atoms with Gasteiger partial charge in [-0.2, -0.15) is 12.1 Å². The molecule has 420 valence electrons. The molecular formula is C78H65N5OPt-2. The molecule has 0 atom stereocenters. The van der Waals surface area contributed by atoms with Crippen LogP contribution in [0.4, 0.5) is 0 Å². The molecule has 0 aliphatic heterocycles. The average molecular weight is 1290 g/mol. The summed E-state index contributed by atoms with van der Waals surface area (Å²) in [6.07, 6.45) is 6.30. The van der Waals surface area contributed by atoms with Crippen molar-refractivity contribution in [3.05, 3.63) is 277 Å². The summed E-state index contributed by atoms with van der Waals surface area (Å²) in [4.78, 5) is 5.03. The summed E-state index contributed by atoms with van der Waals surface area (Å²) in [5.41, 5.74) is 13.2. The second kappa shape index (κ2) is 21.5. The Morgan fingerprint density at radius 2 is 1.13 bits per heavy atom. The summed E-state index contributed by atoms with van der Waals surface area (Å²) < 4.78 is 88.5. The van der Waals surface area contributed by atoms with Crippen molar-refractivity contribution >= 4 is 54.6 Å². The van der Waals surface area contributed by atoms with Gasteiger partial charge in [-0.1, -0.05) is 242 Å². The van der Waals surface area contributed by atoms with Gasteiger partial charge in [-0.15, -0.1) is 24.3 Å². The van der Waals surface area contributed by atoms with E-state index in [1.807, 2.05) is 75.9 Å². The predicted molar refractivity (Wildman–Crippen MR) is 346 cm³/mol. The first-order valence-corrected chi connectivity index (χ1v) is 28.5. The van der Waals surface area contributed by atoms with Crippen LogP contribution in [-0.2, 0) is 43.7 Å². The van der Waals surface area contributed by atoms with Gasteiger partial charge in [0, 0.05) is 55.1 Å². The fraction of sp³-hybridized carbons (Fsp3) is 0.154. The van der Waals surface area contributed by atoms with E-state index < -0.39 is 48.3 Å². The van der Waals surface area contributed by atoms with Crippen LogP contribution in [0.5, 0.6) is 11.5 Å². The number of benzene rings is 10. The SMILES string of the molecule is [2H]c1c([2H])c([2H])c2c(c1[2H])c1c([2H])c([2H])c([2H])c([2H])c1n2-c1cc(Oc2[c-]c(-n3[c-][n+](-c4c(-c5ccccc5)cccc4-c4cc(C(C)(C)C)cc(C(C)(C)C)c4)c4ccccc43)ccc2)[c-]c2c1c1ccccc1n2-c1cc(CC(C)(C)c2ccccc2)ccn1.[Pt]. The van der Waals surface area contributed by atoms with Crippen molar-refractivity contribution in [3.8, 4) is 56.6 Å². The van der Waals surface area contributed by atoms with Gasteiger partial charge in [0.2, 0.25) is 0 Å². The van der Waals surface area contributed by atoms with Crippen molar-refractivity contribution in [3.63, 3.8) is 0 Å². The minimum Gasteiger partial charge on any atom is -0.510 e. The average Bonchev–Trinajstić information content (AvgIpc) is 1.54. The number of rotatable bonds is 11. The van der Waals surface area contributed by atoms with Crippen molar-refractivity contribution in [2.45, 2.75) is 78.1 Å². The Bertz CT molecular complexity index is 5220. The first-order chi connectivity index (χ1) is 44.0. The number of imidazole rings is 1. The molecule has 85 heavy (non-hydrogen) atoms. The Morgan fingerprint density at radius 1 is 0.518 bits per heavy atom. The molecule has 6 nitrogen and oxygen atoms in total. The summed E-state index contributed by atoms with van der Waals surface area (Å²) in [6.45, 7) is 18.0. The predicted octanol–water partition coefficient (Wildman–Crippen LogP) is 19.1. The molecule has 0 N–H and O–H groups in total. The molecular weight excluding hydrogens is 1220 g/mol. The van der Waals surface area contributed by atoms with Gasteiger partial charge in [-0.3, -0.25) is 4.57 Å². The van der Waals surface area contributed by atoms with E-state index in [2.05, 4.69) is 182 Å². The maximum absolute atomic E-state index is 9.60. The molecule has 4 aromatic heterocycles. The van der Waals surface area contributed by atoms with E-state index in [1.54, 1.807) is 22.9 Å². The standard InChI is InChI=1S/C78H65N5O.Pt/c1-76(2,3)56-44-54(45-57(46-56)77(4,5)6)62-35-24-34-61(53-25-11-9-12-26-53)75(62)81-51-80(69-39-21-22-40-70(69)81)58-29-23-30-59(47-58)84-60-48-71(82-66-36-18-15-31-63(66)64-32-16-19-37-67(64)82)74-65-33-17-20-38-68(65)83(72(74)49-60)73-43-52(41-42-79-73)50-78(7,8)55-27-13-10-14-28-55;/h9-46,48H,50H2,1-8H3;/q-2;/i15D,16D,18D,19D,31D,32D,36D,37D;. The van der Waals surface area contributed by atoms with Crippen LogP contribution in [-0.4, -0.2) is 18.7 Å².